The Kier molecular flexibility index (Phi) is 8.87. The van der Waals surface area contributed by atoms with E-state index >= 15 is 0 Å². The first kappa shape index (κ1) is 22.8. The Morgan fingerprint density at radius 3 is 2.39 bits per heavy atom. The normalized spacial score (nSPS) is 14.8. The quantitative estimate of drug-likeness (QED) is 0.501. The first-order valence-corrected chi connectivity index (χ1v) is 10.7. The molecule has 1 aliphatic heterocycles. The molecule has 1 fully saturated rings. The predicted octanol–water partition coefficient (Wildman–Crippen LogP) is 1.84. The number of likely N-dealkylation sites (N-methyl/N-ethyl adjacent to an activating group) is 1. The summed E-state index contributed by atoms with van der Waals surface area (Å²) in [7, 11) is 3.50. The molecule has 1 heterocycles. The fourth-order valence-electron chi connectivity index (χ4n) is 3.31. The number of carbonyl (C=O) groups excluding carboxylic acids is 1. The third-order valence-electron chi connectivity index (χ3n) is 5.23. The number of amides is 1. The number of nitrogens with zero attached hydrogens (tertiary/aromatic N) is 3. The highest BCUT2D eigenvalue weighted by molar-refractivity contribution is 5.86. The van der Waals surface area contributed by atoms with Crippen LogP contribution in [0.25, 0.3) is 0 Å². The van der Waals surface area contributed by atoms with Gasteiger partial charge in [-0.1, -0.05) is 54.6 Å². The van der Waals surface area contributed by atoms with Crippen molar-refractivity contribution >= 4 is 11.9 Å². The van der Waals surface area contributed by atoms with Crippen molar-refractivity contribution in [2.75, 3.05) is 46.9 Å². The van der Waals surface area contributed by atoms with E-state index in [0.717, 1.165) is 38.4 Å². The largest absolute Gasteiger partial charge is 0.379 e. The minimum atomic E-state index is 0.00179. The number of aliphatic imine (C=N–C) groups is 1. The highest BCUT2D eigenvalue weighted by atomic mass is 16.5. The van der Waals surface area contributed by atoms with E-state index in [1.807, 2.05) is 30.3 Å². The van der Waals surface area contributed by atoms with Crippen LogP contribution in [0.1, 0.15) is 16.7 Å². The summed E-state index contributed by atoms with van der Waals surface area (Å²) in [5, 5.41) is 6.57. The van der Waals surface area contributed by atoms with Crippen LogP contribution in [0, 0.1) is 0 Å². The van der Waals surface area contributed by atoms with E-state index in [4.69, 9.17) is 4.74 Å². The molecule has 1 amide bonds. The number of hydrogen-bond donors (Lipinski definition) is 2. The summed E-state index contributed by atoms with van der Waals surface area (Å²) in [5.41, 5.74) is 3.64. The summed E-state index contributed by atoms with van der Waals surface area (Å²) in [5.74, 6) is 0.627. The third-order valence-corrected chi connectivity index (χ3v) is 5.23. The lowest BCUT2D eigenvalue weighted by molar-refractivity contribution is -0.127. The van der Waals surface area contributed by atoms with Gasteiger partial charge >= 0.3 is 0 Å². The maximum absolute atomic E-state index is 12.0. The van der Waals surface area contributed by atoms with Crippen molar-refractivity contribution in [3.05, 3.63) is 71.3 Å². The molecule has 1 saturated heterocycles. The summed E-state index contributed by atoms with van der Waals surface area (Å²) in [6.07, 6.45) is 0. The third kappa shape index (κ3) is 7.70. The summed E-state index contributed by atoms with van der Waals surface area (Å²) in [4.78, 5) is 20.7. The fourth-order valence-corrected chi connectivity index (χ4v) is 3.31. The molecule has 0 atom stereocenters. The van der Waals surface area contributed by atoms with Gasteiger partial charge in [0.25, 0.3) is 0 Å². The van der Waals surface area contributed by atoms with Gasteiger partial charge in [-0.25, -0.2) is 4.99 Å². The number of hydrogen-bond acceptors (Lipinski definition) is 4. The number of benzene rings is 2. The van der Waals surface area contributed by atoms with Gasteiger partial charge in [-0.2, -0.15) is 0 Å². The standard InChI is InChI=1S/C24H33N5O2/c1-28(2)23(30)18-27-24(25-16-20-8-4-3-5-9-20)26-17-21-10-6-7-11-22(21)19-29-12-14-31-15-13-29/h3-11H,12-19H2,1-2H3,(H2,25,26,27). The number of ether oxygens (including phenoxy) is 1. The van der Waals surface area contributed by atoms with Crippen LogP contribution in [0.5, 0.6) is 0 Å². The lowest BCUT2D eigenvalue weighted by Crippen LogP contribution is -2.42. The SMILES string of the molecule is CN(C)C(=O)CNC(=NCc1ccccc1)NCc1ccccc1CN1CCOCC1. The molecule has 7 heteroatoms. The zero-order valence-electron chi connectivity index (χ0n) is 18.5. The van der Waals surface area contributed by atoms with Gasteiger partial charge in [0.2, 0.25) is 5.91 Å². The van der Waals surface area contributed by atoms with Crippen molar-refractivity contribution in [1.29, 1.82) is 0 Å². The smallest absolute Gasteiger partial charge is 0.241 e. The summed E-state index contributed by atoms with van der Waals surface area (Å²) in [6, 6.07) is 18.5. The molecule has 0 saturated carbocycles. The van der Waals surface area contributed by atoms with Crippen LogP contribution >= 0.6 is 0 Å². The van der Waals surface area contributed by atoms with E-state index in [1.54, 1.807) is 19.0 Å². The van der Waals surface area contributed by atoms with Gasteiger partial charge in [-0.05, 0) is 16.7 Å². The zero-order chi connectivity index (χ0) is 21.9. The van der Waals surface area contributed by atoms with Crippen LogP contribution < -0.4 is 10.6 Å². The Morgan fingerprint density at radius 1 is 1.00 bits per heavy atom. The van der Waals surface area contributed by atoms with Gasteiger partial charge in [0.1, 0.15) is 0 Å². The van der Waals surface area contributed by atoms with Crippen molar-refractivity contribution < 1.29 is 9.53 Å². The molecule has 0 aliphatic carbocycles. The minimum Gasteiger partial charge on any atom is -0.379 e. The Balaban J connectivity index is 1.65. The van der Waals surface area contributed by atoms with Gasteiger partial charge in [0.05, 0.1) is 26.3 Å². The van der Waals surface area contributed by atoms with E-state index in [9.17, 15) is 4.79 Å². The van der Waals surface area contributed by atoms with E-state index in [2.05, 4.69) is 44.8 Å². The van der Waals surface area contributed by atoms with Crippen LogP contribution in [-0.4, -0.2) is 68.6 Å². The second kappa shape index (κ2) is 12.1. The molecule has 2 aromatic carbocycles. The predicted molar refractivity (Wildman–Crippen MR) is 124 cm³/mol. The summed E-state index contributed by atoms with van der Waals surface area (Å²) < 4.78 is 5.46. The van der Waals surface area contributed by atoms with E-state index in [-0.39, 0.29) is 12.5 Å². The van der Waals surface area contributed by atoms with Crippen molar-refractivity contribution in [2.24, 2.45) is 4.99 Å². The molecular formula is C24H33N5O2. The van der Waals surface area contributed by atoms with Gasteiger partial charge < -0.3 is 20.3 Å². The van der Waals surface area contributed by atoms with E-state index in [1.165, 1.54) is 11.1 Å². The van der Waals surface area contributed by atoms with Crippen LogP contribution in [0.4, 0.5) is 0 Å². The van der Waals surface area contributed by atoms with Gasteiger partial charge in [0.15, 0.2) is 5.96 Å². The second-order valence-electron chi connectivity index (χ2n) is 7.80. The highest BCUT2D eigenvalue weighted by Crippen LogP contribution is 2.13. The maximum Gasteiger partial charge on any atom is 0.241 e. The van der Waals surface area contributed by atoms with Crippen LogP contribution in [0.15, 0.2) is 59.6 Å². The molecule has 0 radical (unpaired) electrons. The Bertz CT molecular complexity index is 848. The topological polar surface area (TPSA) is 69.2 Å². The summed E-state index contributed by atoms with van der Waals surface area (Å²) in [6.45, 7) is 5.78. The zero-order valence-corrected chi connectivity index (χ0v) is 18.5. The van der Waals surface area contributed by atoms with Crippen molar-refractivity contribution in [3.63, 3.8) is 0 Å². The molecule has 7 nitrogen and oxygen atoms in total. The number of guanidine groups is 1. The van der Waals surface area contributed by atoms with Crippen LogP contribution in [0.3, 0.4) is 0 Å². The van der Waals surface area contributed by atoms with Crippen LogP contribution in [0.2, 0.25) is 0 Å². The van der Waals surface area contributed by atoms with Gasteiger partial charge in [0, 0.05) is 40.3 Å². The second-order valence-corrected chi connectivity index (χ2v) is 7.80. The number of rotatable bonds is 8. The fraction of sp³-hybridized carbons (Fsp3) is 0.417. The molecule has 0 spiro atoms. The molecule has 0 bridgehead atoms. The van der Waals surface area contributed by atoms with E-state index < -0.39 is 0 Å². The molecule has 31 heavy (non-hydrogen) atoms. The highest BCUT2D eigenvalue weighted by Gasteiger charge is 2.13. The van der Waals surface area contributed by atoms with Crippen molar-refractivity contribution in [1.82, 2.24) is 20.4 Å². The van der Waals surface area contributed by atoms with Crippen molar-refractivity contribution in [3.8, 4) is 0 Å². The molecule has 1 aliphatic rings. The monoisotopic (exact) mass is 423 g/mol. The average molecular weight is 424 g/mol. The molecule has 0 aromatic heterocycles. The van der Waals surface area contributed by atoms with Crippen LogP contribution in [-0.2, 0) is 29.2 Å². The summed E-state index contributed by atoms with van der Waals surface area (Å²) >= 11 is 0. The average Bonchev–Trinajstić information content (AvgIpc) is 2.80. The molecular weight excluding hydrogens is 390 g/mol. The Labute approximate surface area is 185 Å². The molecule has 2 aromatic rings. The molecule has 3 rings (SSSR count). The number of carbonyl (C=O) groups is 1. The lowest BCUT2D eigenvalue weighted by atomic mass is 10.1. The van der Waals surface area contributed by atoms with E-state index in [0.29, 0.717) is 19.0 Å². The van der Waals surface area contributed by atoms with Crippen molar-refractivity contribution in [2.45, 2.75) is 19.6 Å². The Morgan fingerprint density at radius 2 is 1.68 bits per heavy atom. The molecule has 166 valence electrons. The molecule has 2 N–H and O–H groups in total. The maximum atomic E-state index is 12.0. The Hall–Kier alpha value is -2.90. The number of morpholine rings is 1. The lowest BCUT2D eigenvalue weighted by Gasteiger charge is -2.27. The van der Waals surface area contributed by atoms with Gasteiger partial charge in [-0.15, -0.1) is 0 Å². The number of nitrogens with one attached hydrogen (secondary N) is 2. The first-order valence-electron chi connectivity index (χ1n) is 10.7. The van der Waals surface area contributed by atoms with Gasteiger partial charge in [-0.3, -0.25) is 9.69 Å². The first-order chi connectivity index (χ1) is 15.1. The minimum absolute atomic E-state index is 0.00179. The molecule has 0 unspecified atom stereocenters.